The van der Waals surface area contributed by atoms with Gasteiger partial charge in [-0.15, -0.1) is 0 Å². The van der Waals surface area contributed by atoms with Gasteiger partial charge in [-0.25, -0.2) is 13.2 Å². The third-order valence-corrected chi connectivity index (χ3v) is 5.74. The summed E-state index contributed by atoms with van der Waals surface area (Å²) in [5, 5.41) is 9.80. The Hall–Kier alpha value is -1.40. The third-order valence-electron chi connectivity index (χ3n) is 3.68. The highest BCUT2D eigenvalue weighted by atomic mass is 32.2. The van der Waals surface area contributed by atoms with Gasteiger partial charge in [-0.05, 0) is 30.9 Å². The van der Waals surface area contributed by atoms with Crippen molar-refractivity contribution in [3.63, 3.8) is 0 Å². The van der Waals surface area contributed by atoms with E-state index in [1.807, 2.05) is 0 Å². The van der Waals surface area contributed by atoms with Gasteiger partial charge in [-0.1, -0.05) is 24.3 Å². The number of hydrogen-bond acceptors (Lipinski definition) is 5. The van der Waals surface area contributed by atoms with Crippen LogP contribution < -0.4 is 0 Å². The molecule has 0 aromatic heterocycles. The zero-order valence-electron chi connectivity index (χ0n) is 11.5. The Morgan fingerprint density at radius 1 is 1.35 bits per heavy atom. The SMILES string of the molecule is CCOC(=O)C(O)c1ccc(C2(S(C)(=O)=O)CC2)cc1. The lowest BCUT2D eigenvalue weighted by Gasteiger charge is -2.15. The first-order chi connectivity index (χ1) is 9.32. The molecule has 1 aromatic carbocycles. The summed E-state index contributed by atoms with van der Waals surface area (Å²) in [5.74, 6) is -0.704. The summed E-state index contributed by atoms with van der Waals surface area (Å²) in [6.07, 6.45) is 1.14. The largest absolute Gasteiger partial charge is 0.464 e. The smallest absolute Gasteiger partial charge is 0.339 e. The van der Waals surface area contributed by atoms with Crippen molar-refractivity contribution in [3.8, 4) is 0 Å². The lowest BCUT2D eigenvalue weighted by molar-refractivity contribution is -0.153. The quantitative estimate of drug-likeness (QED) is 0.829. The topological polar surface area (TPSA) is 80.7 Å². The number of carbonyl (C=O) groups is 1. The number of sulfone groups is 1. The van der Waals surface area contributed by atoms with Crippen molar-refractivity contribution in [1.29, 1.82) is 0 Å². The molecule has 110 valence electrons. The summed E-state index contributed by atoms with van der Waals surface area (Å²) in [6.45, 7) is 1.86. The second kappa shape index (κ2) is 5.18. The molecule has 1 atom stereocenters. The zero-order chi connectivity index (χ0) is 15.0. The van der Waals surface area contributed by atoms with Crippen molar-refractivity contribution in [1.82, 2.24) is 0 Å². The Morgan fingerprint density at radius 2 is 1.90 bits per heavy atom. The third kappa shape index (κ3) is 2.58. The van der Waals surface area contributed by atoms with Crippen molar-refractivity contribution < 1.29 is 23.1 Å². The molecule has 1 unspecified atom stereocenters. The van der Waals surface area contributed by atoms with Crippen LogP contribution in [0.3, 0.4) is 0 Å². The second-order valence-corrected chi connectivity index (χ2v) is 7.37. The molecule has 0 spiro atoms. The molecular weight excluding hydrogens is 280 g/mol. The predicted octanol–water partition coefficient (Wildman–Crippen LogP) is 1.32. The van der Waals surface area contributed by atoms with Gasteiger partial charge < -0.3 is 9.84 Å². The molecule has 20 heavy (non-hydrogen) atoms. The number of hydrogen-bond donors (Lipinski definition) is 1. The molecule has 0 heterocycles. The maximum Gasteiger partial charge on any atom is 0.339 e. The first kappa shape index (κ1) is 15.0. The highest BCUT2D eigenvalue weighted by molar-refractivity contribution is 7.92. The van der Waals surface area contributed by atoms with Gasteiger partial charge in [-0.2, -0.15) is 0 Å². The lowest BCUT2D eigenvalue weighted by atomic mass is 10.0. The molecule has 1 N–H and O–H groups in total. The predicted molar refractivity (Wildman–Crippen MR) is 73.8 cm³/mol. The second-order valence-electron chi connectivity index (χ2n) is 5.04. The van der Waals surface area contributed by atoms with E-state index in [4.69, 9.17) is 4.74 Å². The molecule has 0 aliphatic heterocycles. The van der Waals surface area contributed by atoms with E-state index in [1.54, 1.807) is 31.2 Å². The van der Waals surface area contributed by atoms with Gasteiger partial charge in [0.1, 0.15) is 0 Å². The van der Waals surface area contributed by atoms with E-state index in [-0.39, 0.29) is 6.61 Å². The molecule has 1 aromatic rings. The van der Waals surface area contributed by atoms with Crippen LogP contribution in [0.5, 0.6) is 0 Å². The Balaban J connectivity index is 2.22. The highest BCUT2D eigenvalue weighted by Crippen LogP contribution is 2.52. The number of rotatable bonds is 5. The Labute approximate surface area is 118 Å². The standard InChI is InChI=1S/C14H18O5S/c1-3-19-13(16)12(15)10-4-6-11(7-5-10)14(8-9-14)20(2,17)18/h4-7,12,15H,3,8-9H2,1-2H3. The van der Waals surface area contributed by atoms with Gasteiger partial charge in [0, 0.05) is 6.26 Å². The van der Waals surface area contributed by atoms with E-state index >= 15 is 0 Å². The minimum atomic E-state index is -3.16. The summed E-state index contributed by atoms with van der Waals surface area (Å²) in [6, 6.07) is 6.46. The fourth-order valence-electron chi connectivity index (χ4n) is 2.31. The summed E-state index contributed by atoms with van der Waals surface area (Å²) >= 11 is 0. The van der Waals surface area contributed by atoms with E-state index in [2.05, 4.69) is 0 Å². The van der Waals surface area contributed by atoms with Crippen LogP contribution >= 0.6 is 0 Å². The normalized spacial score (nSPS) is 18.4. The van der Waals surface area contributed by atoms with Gasteiger partial charge >= 0.3 is 5.97 Å². The van der Waals surface area contributed by atoms with Crippen molar-refractivity contribution in [2.75, 3.05) is 12.9 Å². The molecule has 0 radical (unpaired) electrons. The van der Waals surface area contributed by atoms with Crippen molar-refractivity contribution in [2.45, 2.75) is 30.6 Å². The minimum absolute atomic E-state index is 0.200. The molecule has 5 nitrogen and oxygen atoms in total. The molecule has 2 rings (SSSR count). The Kier molecular flexibility index (Phi) is 3.88. The van der Waals surface area contributed by atoms with E-state index < -0.39 is 26.7 Å². The minimum Gasteiger partial charge on any atom is -0.464 e. The molecule has 1 aliphatic carbocycles. The van der Waals surface area contributed by atoms with Crippen LogP contribution in [-0.2, 0) is 24.1 Å². The van der Waals surface area contributed by atoms with Crippen LogP contribution in [0.4, 0.5) is 0 Å². The molecule has 0 bridgehead atoms. The molecule has 1 aliphatic rings. The maximum absolute atomic E-state index is 11.8. The first-order valence-corrected chi connectivity index (χ1v) is 8.36. The van der Waals surface area contributed by atoms with Gasteiger partial charge in [0.2, 0.25) is 0 Å². The van der Waals surface area contributed by atoms with Gasteiger partial charge in [-0.3, -0.25) is 0 Å². The zero-order valence-corrected chi connectivity index (χ0v) is 12.3. The van der Waals surface area contributed by atoms with E-state index in [9.17, 15) is 18.3 Å². The summed E-state index contributed by atoms with van der Waals surface area (Å²) in [7, 11) is -3.16. The number of carbonyl (C=O) groups excluding carboxylic acids is 1. The molecular formula is C14H18O5S. The molecule has 1 fully saturated rings. The van der Waals surface area contributed by atoms with Crippen LogP contribution in [0, 0.1) is 0 Å². The van der Waals surface area contributed by atoms with Gasteiger partial charge in [0.05, 0.1) is 11.4 Å². The fourth-order valence-corrected chi connectivity index (χ4v) is 3.72. The maximum atomic E-state index is 11.8. The lowest BCUT2D eigenvalue weighted by Crippen LogP contribution is -2.20. The highest BCUT2D eigenvalue weighted by Gasteiger charge is 2.53. The number of aliphatic hydroxyl groups excluding tert-OH is 1. The summed E-state index contributed by atoms with van der Waals surface area (Å²) < 4.78 is 27.6. The number of esters is 1. The van der Waals surface area contributed by atoms with Crippen molar-refractivity contribution >= 4 is 15.8 Å². The average Bonchev–Trinajstić information content (AvgIpc) is 3.19. The molecule has 6 heteroatoms. The number of benzene rings is 1. The van der Waals surface area contributed by atoms with E-state index in [1.165, 1.54) is 6.26 Å². The van der Waals surface area contributed by atoms with Crippen LogP contribution in [0.2, 0.25) is 0 Å². The van der Waals surface area contributed by atoms with Crippen LogP contribution in [-0.4, -0.2) is 32.4 Å². The average molecular weight is 298 g/mol. The first-order valence-electron chi connectivity index (χ1n) is 6.46. The molecule has 0 saturated heterocycles. The van der Waals surface area contributed by atoms with Crippen LogP contribution in [0.15, 0.2) is 24.3 Å². The Bertz CT molecular complexity index is 599. The van der Waals surface area contributed by atoms with E-state index in [0.717, 1.165) is 0 Å². The number of aliphatic hydroxyl groups is 1. The van der Waals surface area contributed by atoms with Crippen molar-refractivity contribution in [2.24, 2.45) is 0 Å². The van der Waals surface area contributed by atoms with Crippen molar-refractivity contribution in [3.05, 3.63) is 35.4 Å². The number of ether oxygens (including phenoxy) is 1. The molecule has 1 saturated carbocycles. The van der Waals surface area contributed by atoms with Crippen LogP contribution in [0.1, 0.15) is 37.0 Å². The molecule has 0 amide bonds. The Morgan fingerprint density at radius 3 is 2.30 bits per heavy atom. The summed E-state index contributed by atoms with van der Waals surface area (Å²) in [4.78, 5) is 11.4. The van der Waals surface area contributed by atoms with Gasteiger partial charge in [0.15, 0.2) is 15.9 Å². The van der Waals surface area contributed by atoms with Gasteiger partial charge in [0.25, 0.3) is 0 Å². The fraction of sp³-hybridized carbons (Fsp3) is 0.500. The monoisotopic (exact) mass is 298 g/mol. The van der Waals surface area contributed by atoms with Crippen LogP contribution in [0.25, 0.3) is 0 Å². The van der Waals surface area contributed by atoms with E-state index in [0.29, 0.717) is 24.0 Å². The summed E-state index contributed by atoms with van der Waals surface area (Å²) in [5.41, 5.74) is 1.11.